The number of hydrogen-bond acceptors (Lipinski definition) is 8. The van der Waals surface area contributed by atoms with Crippen molar-refractivity contribution < 1.29 is 24.9 Å². The third-order valence-electron chi connectivity index (χ3n) is 4.13. The second-order valence-corrected chi connectivity index (χ2v) is 5.91. The second-order valence-electron chi connectivity index (χ2n) is 5.91. The number of hydrogen-bond donors (Lipinski definition) is 4. The van der Waals surface area contributed by atoms with E-state index >= 15 is 0 Å². The predicted molar refractivity (Wildman–Crippen MR) is 82.8 cm³/mol. The van der Waals surface area contributed by atoms with Gasteiger partial charge < -0.3 is 30.7 Å². The first-order valence-electron chi connectivity index (χ1n) is 7.43. The number of rotatable bonds is 5. The molecule has 0 bridgehead atoms. The molecule has 0 radical (unpaired) electrons. The molecule has 24 heavy (non-hydrogen) atoms. The number of nitrogen functional groups attached to an aromatic ring is 1. The van der Waals surface area contributed by atoms with Gasteiger partial charge in [0.25, 0.3) is 0 Å². The minimum Gasteiger partial charge on any atom is -0.394 e. The van der Waals surface area contributed by atoms with Gasteiger partial charge >= 0.3 is 5.69 Å². The lowest BCUT2D eigenvalue weighted by molar-refractivity contribution is -0.160. The highest BCUT2D eigenvalue weighted by atomic mass is 16.6. The first-order valence-corrected chi connectivity index (χ1v) is 7.43. The van der Waals surface area contributed by atoms with Gasteiger partial charge in [-0.2, -0.15) is 4.98 Å². The smallest absolute Gasteiger partial charge is 0.351 e. The summed E-state index contributed by atoms with van der Waals surface area (Å²) < 4.78 is 6.62. The van der Waals surface area contributed by atoms with E-state index in [1.807, 2.05) is 0 Å². The molecule has 0 aliphatic carbocycles. The van der Waals surface area contributed by atoms with Crippen LogP contribution in [-0.2, 0) is 15.3 Å². The summed E-state index contributed by atoms with van der Waals surface area (Å²) in [4.78, 5) is 29.1. The number of anilines is 1. The van der Waals surface area contributed by atoms with Gasteiger partial charge in [0.15, 0.2) is 5.72 Å². The highest BCUT2D eigenvalue weighted by molar-refractivity contribution is 5.75. The van der Waals surface area contributed by atoms with Gasteiger partial charge in [-0.25, -0.2) is 4.79 Å². The molecule has 1 amide bonds. The molecule has 1 aliphatic rings. The highest BCUT2D eigenvalue weighted by Crippen LogP contribution is 2.38. The number of aromatic nitrogens is 2. The zero-order chi connectivity index (χ0) is 18.1. The van der Waals surface area contributed by atoms with Gasteiger partial charge in [0, 0.05) is 33.1 Å². The van der Waals surface area contributed by atoms with Gasteiger partial charge in [-0.15, -0.1) is 0 Å². The number of aliphatic hydroxyl groups is 3. The molecule has 0 unspecified atom stereocenters. The summed E-state index contributed by atoms with van der Waals surface area (Å²) in [6.45, 7) is -0.557. The average Bonchev–Trinajstić information content (AvgIpc) is 2.77. The molecule has 134 valence electrons. The molecule has 5 N–H and O–H groups in total. The second kappa shape index (κ2) is 6.85. The molecule has 1 aliphatic heterocycles. The van der Waals surface area contributed by atoms with Gasteiger partial charge in [0.05, 0.1) is 6.61 Å². The largest absolute Gasteiger partial charge is 0.394 e. The Morgan fingerprint density at radius 2 is 2.17 bits per heavy atom. The third-order valence-corrected chi connectivity index (χ3v) is 4.13. The van der Waals surface area contributed by atoms with E-state index in [0.29, 0.717) is 0 Å². The fourth-order valence-corrected chi connectivity index (χ4v) is 2.76. The summed E-state index contributed by atoms with van der Waals surface area (Å²) in [6, 6.07) is 1.34. The average molecular weight is 342 g/mol. The van der Waals surface area contributed by atoms with Crippen molar-refractivity contribution in [1.29, 1.82) is 0 Å². The van der Waals surface area contributed by atoms with E-state index in [4.69, 9.17) is 10.5 Å². The Labute approximate surface area is 138 Å². The summed E-state index contributed by atoms with van der Waals surface area (Å²) in [5.41, 5.74) is 2.95. The maximum absolute atomic E-state index is 12.2. The van der Waals surface area contributed by atoms with Crippen LogP contribution in [0.4, 0.5) is 5.82 Å². The van der Waals surface area contributed by atoms with Crippen LogP contribution in [0.25, 0.3) is 0 Å². The minimum atomic E-state index is -1.73. The van der Waals surface area contributed by atoms with Crippen LogP contribution >= 0.6 is 0 Å². The molecule has 4 atom stereocenters. The Hall–Kier alpha value is -2.01. The van der Waals surface area contributed by atoms with Crippen LogP contribution in [-0.4, -0.2) is 74.7 Å². The molecule has 0 spiro atoms. The number of nitrogens with zero attached hydrogens (tertiary/aromatic N) is 3. The van der Waals surface area contributed by atoms with Crippen molar-refractivity contribution in [2.45, 2.75) is 36.9 Å². The molecular formula is C14H22N4O6. The molecule has 1 aromatic rings. The summed E-state index contributed by atoms with van der Waals surface area (Å²) >= 11 is 0. The van der Waals surface area contributed by atoms with Crippen LogP contribution in [0, 0.1) is 0 Å². The standard InChI is InChI=1S/C14H22N4O6/c1-17(2)10(20)3-5-14(12(22)11(21)8(7-19)24-14)18-6-4-9(15)16-13(18)23/h4,6,8,11-12,19,21-22H,3,5,7H2,1-2H3,(H2,15,16,23)/t8-,11-,12-,14-/m1/s1. The Bertz CT molecular complexity index is 663. The molecule has 10 nitrogen and oxygen atoms in total. The summed E-state index contributed by atoms with van der Waals surface area (Å²) in [7, 11) is 3.15. The van der Waals surface area contributed by atoms with E-state index < -0.39 is 36.3 Å². The van der Waals surface area contributed by atoms with Crippen molar-refractivity contribution in [3.8, 4) is 0 Å². The number of carbonyl (C=O) groups excluding carboxylic acids is 1. The Kier molecular flexibility index (Phi) is 5.23. The fraction of sp³-hybridized carbons (Fsp3) is 0.643. The maximum atomic E-state index is 12.2. The summed E-state index contributed by atoms with van der Waals surface area (Å²) in [6.07, 6.45) is -2.92. The Balaban J connectivity index is 2.46. The molecule has 10 heteroatoms. The molecular weight excluding hydrogens is 320 g/mol. The van der Waals surface area contributed by atoms with Crippen LogP contribution < -0.4 is 11.4 Å². The van der Waals surface area contributed by atoms with Gasteiger partial charge in [-0.1, -0.05) is 0 Å². The Morgan fingerprint density at radius 1 is 1.50 bits per heavy atom. The van der Waals surface area contributed by atoms with Crippen molar-refractivity contribution in [1.82, 2.24) is 14.5 Å². The maximum Gasteiger partial charge on any atom is 0.351 e. The monoisotopic (exact) mass is 342 g/mol. The number of nitrogens with two attached hydrogens (primary N) is 1. The first kappa shape index (κ1) is 18.3. The van der Waals surface area contributed by atoms with Crippen molar-refractivity contribution >= 4 is 11.7 Å². The topological polar surface area (TPSA) is 151 Å². The molecule has 0 saturated carbocycles. The molecule has 2 rings (SSSR count). The van der Waals surface area contributed by atoms with Crippen molar-refractivity contribution in [3.63, 3.8) is 0 Å². The van der Waals surface area contributed by atoms with Crippen LogP contribution in [0.15, 0.2) is 17.1 Å². The van der Waals surface area contributed by atoms with E-state index in [9.17, 15) is 24.9 Å². The van der Waals surface area contributed by atoms with Crippen molar-refractivity contribution in [3.05, 3.63) is 22.7 Å². The van der Waals surface area contributed by atoms with Crippen molar-refractivity contribution in [2.75, 3.05) is 26.4 Å². The van der Waals surface area contributed by atoms with Crippen molar-refractivity contribution in [2.24, 2.45) is 0 Å². The third kappa shape index (κ3) is 3.13. The summed E-state index contributed by atoms with van der Waals surface area (Å²) in [5, 5.41) is 29.9. The molecule has 2 heterocycles. The fourth-order valence-electron chi connectivity index (χ4n) is 2.76. The van der Waals surface area contributed by atoms with Gasteiger partial charge in [0.1, 0.15) is 24.1 Å². The van der Waals surface area contributed by atoms with Crippen LogP contribution in [0.1, 0.15) is 12.8 Å². The molecule has 0 aromatic carbocycles. The SMILES string of the molecule is CN(C)C(=O)CC[C@@]1(n2ccc(N)nc2=O)O[C@H](CO)[C@@H](O)[C@H]1O. The number of aliphatic hydroxyl groups excluding tert-OH is 3. The van der Waals surface area contributed by atoms with Gasteiger partial charge in [0.2, 0.25) is 5.91 Å². The van der Waals surface area contributed by atoms with Crippen LogP contribution in [0.2, 0.25) is 0 Å². The summed E-state index contributed by atoms with van der Waals surface area (Å²) in [5.74, 6) is -0.258. The number of ether oxygens (including phenoxy) is 1. The van der Waals surface area contributed by atoms with E-state index in [1.165, 1.54) is 17.2 Å². The number of amides is 1. The zero-order valence-electron chi connectivity index (χ0n) is 13.5. The minimum absolute atomic E-state index is 0.0116. The lowest BCUT2D eigenvalue weighted by atomic mass is 9.97. The lowest BCUT2D eigenvalue weighted by Crippen LogP contribution is -2.51. The van der Waals surface area contributed by atoms with Crippen LogP contribution in [0.3, 0.4) is 0 Å². The molecule has 1 saturated heterocycles. The van der Waals surface area contributed by atoms with Gasteiger partial charge in [-0.3, -0.25) is 9.36 Å². The molecule has 1 aromatic heterocycles. The van der Waals surface area contributed by atoms with Gasteiger partial charge in [-0.05, 0) is 6.07 Å². The Morgan fingerprint density at radius 3 is 2.67 bits per heavy atom. The van der Waals surface area contributed by atoms with E-state index in [0.717, 1.165) is 4.57 Å². The zero-order valence-corrected chi connectivity index (χ0v) is 13.5. The predicted octanol–water partition coefficient (Wildman–Crippen LogP) is -2.54. The first-order chi connectivity index (χ1) is 11.2. The lowest BCUT2D eigenvalue weighted by Gasteiger charge is -2.34. The van der Waals surface area contributed by atoms with Crippen LogP contribution in [0.5, 0.6) is 0 Å². The van der Waals surface area contributed by atoms with E-state index in [2.05, 4.69) is 4.98 Å². The number of carbonyl (C=O) groups is 1. The normalized spacial score (nSPS) is 29.6. The molecule has 1 fully saturated rings. The van der Waals surface area contributed by atoms with E-state index in [-0.39, 0.29) is 24.6 Å². The highest BCUT2D eigenvalue weighted by Gasteiger charge is 2.55. The van der Waals surface area contributed by atoms with E-state index in [1.54, 1.807) is 14.1 Å². The quantitative estimate of drug-likeness (QED) is 0.457.